The zero-order valence-electron chi connectivity index (χ0n) is 12.3. The molecular formula is C16H22N4O. The molecule has 5 heteroatoms. The maximum absolute atomic E-state index is 5.49. The van der Waals surface area contributed by atoms with E-state index in [0.29, 0.717) is 19.1 Å². The second-order valence-corrected chi connectivity index (χ2v) is 4.72. The van der Waals surface area contributed by atoms with Gasteiger partial charge >= 0.3 is 0 Å². The number of hydrogen-bond acceptors (Lipinski definition) is 3. The van der Waals surface area contributed by atoms with E-state index in [9.17, 15) is 0 Å². The van der Waals surface area contributed by atoms with E-state index in [1.165, 1.54) is 16.3 Å². The molecule has 0 spiro atoms. The number of hydrogen-bond donors (Lipinski definition) is 3. The summed E-state index contributed by atoms with van der Waals surface area (Å²) in [5.74, 6) is 6.09. The number of nitrogens with zero attached hydrogens (tertiary/aromatic N) is 1. The Morgan fingerprint density at radius 1 is 1.19 bits per heavy atom. The zero-order chi connectivity index (χ0) is 14.9. The third-order valence-electron chi connectivity index (χ3n) is 3.24. The van der Waals surface area contributed by atoms with Gasteiger partial charge in [0.15, 0.2) is 0 Å². The van der Waals surface area contributed by atoms with E-state index >= 15 is 0 Å². The first-order chi connectivity index (χ1) is 10.3. The number of aliphatic imine (C=N–C) groups is 1. The minimum atomic E-state index is 0.582. The Morgan fingerprint density at radius 2 is 2.00 bits per heavy atom. The SMILES string of the molecule is COCCCNC(=NCc1cccc2ccccc12)NN. The lowest BCUT2D eigenvalue weighted by Crippen LogP contribution is -2.42. The number of hydrazine groups is 1. The van der Waals surface area contributed by atoms with Crippen molar-refractivity contribution in [3.05, 3.63) is 48.0 Å². The van der Waals surface area contributed by atoms with E-state index in [0.717, 1.165) is 13.0 Å². The van der Waals surface area contributed by atoms with Crippen LogP contribution in [0.4, 0.5) is 0 Å². The van der Waals surface area contributed by atoms with Gasteiger partial charge in [-0.25, -0.2) is 10.8 Å². The number of nitrogens with two attached hydrogens (primary N) is 1. The second kappa shape index (κ2) is 8.24. The smallest absolute Gasteiger partial charge is 0.206 e. The van der Waals surface area contributed by atoms with Crippen molar-refractivity contribution in [2.75, 3.05) is 20.3 Å². The molecule has 21 heavy (non-hydrogen) atoms. The predicted octanol–water partition coefficient (Wildman–Crippen LogP) is 1.79. The molecule has 0 heterocycles. The van der Waals surface area contributed by atoms with Gasteiger partial charge in [-0.1, -0.05) is 42.5 Å². The van der Waals surface area contributed by atoms with Crippen LogP contribution in [-0.2, 0) is 11.3 Å². The number of rotatable bonds is 6. The molecule has 0 amide bonds. The monoisotopic (exact) mass is 286 g/mol. The van der Waals surface area contributed by atoms with E-state index in [1.807, 2.05) is 12.1 Å². The van der Waals surface area contributed by atoms with Gasteiger partial charge in [0.05, 0.1) is 6.54 Å². The highest BCUT2D eigenvalue weighted by atomic mass is 16.5. The lowest BCUT2D eigenvalue weighted by atomic mass is 10.1. The molecule has 4 N–H and O–H groups in total. The van der Waals surface area contributed by atoms with Crippen LogP contribution in [-0.4, -0.2) is 26.2 Å². The molecule has 0 aliphatic heterocycles. The van der Waals surface area contributed by atoms with Gasteiger partial charge in [-0.3, -0.25) is 5.43 Å². The first-order valence-electron chi connectivity index (χ1n) is 7.05. The Kier molecular flexibility index (Phi) is 5.99. The number of methoxy groups -OCH3 is 1. The van der Waals surface area contributed by atoms with E-state index in [1.54, 1.807) is 7.11 Å². The van der Waals surface area contributed by atoms with Crippen LogP contribution in [0.2, 0.25) is 0 Å². The summed E-state index contributed by atoms with van der Waals surface area (Å²) in [6, 6.07) is 14.5. The molecule has 0 atom stereocenters. The Bertz CT molecular complexity index is 592. The van der Waals surface area contributed by atoms with Crippen LogP contribution in [0.1, 0.15) is 12.0 Å². The molecule has 0 unspecified atom stereocenters. The fourth-order valence-electron chi connectivity index (χ4n) is 2.17. The molecule has 2 aromatic carbocycles. The summed E-state index contributed by atoms with van der Waals surface area (Å²) in [4.78, 5) is 4.49. The van der Waals surface area contributed by atoms with Crippen molar-refractivity contribution in [3.63, 3.8) is 0 Å². The van der Waals surface area contributed by atoms with Crippen molar-refractivity contribution in [2.45, 2.75) is 13.0 Å². The average Bonchev–Trinajstić information content (AvgIpc) is 2.54. The third-order valence-corrected chi connectivity index (χ3v) is 3.24. The number of ether oxygens (including phenoxy) is 1. The van der Waals surface area contributed by atoms with Gasteiger partial charge in [-0.05, 0) is 22.8 Å². The summed E-state index contributed by atoms with van der Waals surface area (Å²) < 4.78 is 5.00. The molecular weight excluding hydrogens is 264 g/mol. The minimum absolute atomic E-state index is 0.582. The van der Waals surface area contributed by atoms with Crippen molar-refractivity contribution in [2.24, 2.45) is 10.8 Å². The van der Waals surface area contributed by atoms with Crippen LogP contribution in [0.25, 0.3) is 10.8 Å². The molecule has 0 saturated carbocycles. The molecule has 5 nitrogen and oxygen atoms in total. The maximum atomic E-state index is 5.49. The van der Waals surface area contributed by atoms with Crippen LogP contribution >= 0.6 is 0 Å². The van der Waals surface area contributed by atoms with E-state index < -0.39 is 0 Å². The quantitative estimate of drug-likeness (QED) is 0.249. The Morgan fingerprint density at radius 3 is 2.81 bits per heavy atom. The van der Waals surface area contributed by atoms with Crippen molar-refractivity contribution >= 4 is 16.7 Å². The fraction of sp³-hybridized carbons (Fsp3) is 0.312. The lowest BCUT2D eigenvalue weighted by molar-refractivity contribution is 0.195. The first-order valence-corrected chi connectivity index (χ1v) is 7.05. The summed E-state index contributed by atoms with van der Waals surface area (Å²) in [7, 11) is 1.69. The van der Waals surface area contributed by atoms with Crippen LogP contribution in [0, 0.1) is 0 Å². The molecule has 2 rings (SSSR count). The molecule has 0 aliphatic carbocycles. The predicted molar refractivity (Wildman–Crippen MR) is 86.9 cm³/mol. The molecule has 0 saturated heterocycles. The second-order valence-electron chi connectivity index (χ2n) is 4.72. The summed E-state index contributed by atoms with van der Waals surface area (Å²) in [6.45, 7) is 2.07. The zero-order valence-corrected chi connectivity index (χ0v) is 12.3. The first kappa shape index (κ1) is 15.3. The lowest BCUT2D eigenvalue weighted by Gasteiger charge is -2.09. The minimum Gasteiger partial charge on any atom is -0.385 e. The Hall–Kier alpha value is -2.11. The summed E-state index contributed by atoms with van der Waals surface area (Å²) in [5.41, 5.74) is 3.78. The largest absolute Gasteiger partial charge is 0.385 e. The third kappa shape index (κ3) is 4.44. The molecule has 112 valence electrons. The number of fused-ring (bicyclic) bond motifs is 1. The molecule has 2 aromatic rings. The summed E-state index contributed by atoms with van der Waals surface area (Å²) in [6.07, 6.45) is 0.908. The highest BCUT2D eigenvalue weighted by Crippen LogP contribution is 2.18. The van der Waals surface area contributed by atoms with Crippen molar-refractivity contribution in [1.82, 2.24) is 10.7 Å². The number of nitrogens with one attached hydrogen (secondary N) is 2. The Labute approximate surface area is 125 Å². The molecule has 0 aromatic heterocycles. The van der Waals surface area contributed by atoms with Gasteiger partial charge in [0.2, 0.25) is 5.96 Å². The number of guanidine groups is 1. The standard InChI is InChI=1S/C16H22N4O/c1-21-11-5-10-18-16(20-17)19-12-14-8-4-7-13-6-2-3-9-15(13)14/h2-4,6-9H,5,10-12,17H2,1H3,(H2,18,19,20). The Balaban J connectivity index is 2.03. The fourth-order valence-corrected chi connectivity index (χ4v) is 2.17. The van der Waals surface area contributed by atoms with Crippen LogP contribution in [0.5, 0.6) is 0 Å². The summed E-state index contributed by atoms with van der Waals surface area (Å²) in [5, 5.41) is 5.60. The van der Waals surface area contributed by atoms with Crippen molar-refractivity contribution in [1.29, 1.82) is 0 Å². The molecule has 0 radical (unpaired) electrons. The van der Waals surface area contributed by atoms with E-state index in [2.05, 4.69) is 46.1 Å². The van der Waals surface area contributed by atoms with E-state index in [-0.39, 0.29) is 0 Å². The number of benzene rings is 2. The van der Waals surface area contributed by atoms with Crippen LogP contribution < -0.4 is 16.6 Å². The van der Waals surface area contributed by atoms with Gasteiger partial charge in [0, 0.05) is 20.3 Å². The summed E-state index contributed by atoms with van der Waals surface area (Å²) >= 11 is 0. The maximum Gasteiger partial charge on any atom is 0.206 e. The molecule has 0 bridgehead atoms. The van der Waals surface area contributed by atoms with Gasteiger partial charge in [-0.15, -0.1) is 0 Å². The van der Waals surface area contributed by atoms with Gasteiger partial charge < -0.3 is 10.1 Å². The highest BCUT2D eigenvalue weighted by Gasteiger charge is 2.00. The van der Waals surface area contributed by atoms with E-state index in [4.69, 9.17) is 10.6 Å². The normalized spacial score (nSPS) is 11.6. The van der Waals surface area contributed by atoms with Crippen LogP contribution in [0.3, 0.4) is 0 Å². The van der Waals surface area contributed by atoms with Crippen molar-refractivity contribution < 1.29 is 4.74 Å². The highest BCUT2D eigenvalue weighted by molar-refractivity contribution is 5.86. The van der Waals surface area contributed by atoms with Gasteiger partial charge in [-0.2, -0.15) is 0 Å². The van der Waals surface area contributed by atoms with Gasteiger partial charge in [0.25, 0.3) is 0 Å². The molecule has 0 aliphatic rings. The van der Waals surface area contributed by atoms with Crippen LogP contribution in [0.15, 0.2) is 47.5 Å². The average molecular weight is 286 g/mol. The molecule has 0 fully saturated rings. The van der Waals surface area contributed by atoms with Gasteiger partial charge in [0.1, 0.15) is 0 Å². The van der Waals surface area contributed by atoms with Crippen molar-refractivity contribution in [3.8, 4) is 0 Å². The topological polar surface area (TPSA) is 71.7 Å².